The van der Waals surface area contributed by atoms with Gasteiger partial charge in [-0.1, -0.05) is 42.5 Å². The average Bonchev–Trinajstić information content (AvgIpc) is 2.54. The highest BCUT2D eigenvalue weighted by Crippen LogP contribution is 2.09. The van der Waals surface area contributed by atoms with Gasteiger partial charge < -0.3 is 16.2 Å². The molecule has 0 saturated carbocycles. The Bertz CT molecular complexity index is 696. The lowest BCUT2D eigenvalue weighted by Gasteiger charge is -2.09. The molecule has 2 aromatic rings. The van der Waals surface area contributed by atoms with E-state index in [1.165, 1.54) is 0 Å². The molecule has 0 aliphatic rings. The first kappa shape index (κ1) is 16.7. The Hall–Kier alpha value is -2.66. The van der Waals surface area contributed by atoms with Crippen molar-refractivity contribution in [1.29, 1.82) is 0 Å². The highest BCUT2D eigenvalue weighted by molar-refractivity contribution is 5.95. The first-order valence-corrected chi connectivity index (χ1v) is 7.37. The molecule has 0 aromatic heterocycles. The maximum Gasteiger partial charge on any atom is 0.320 e. The molecule has 4 N–H and O–H groups in total. The molecule has 0 radical (unpaired) electrons. The Balaban J connectivity index is 1.93. The molecule has 0 bridgehead atoms. The number of amides is 1. The highest BCUT2D eigenvalue weighted by Gasteiger charge is 2.12. The predicted molar refractivity (Wildman–Crippen MR) is 88.1 cm³/mol. The van der Waals surface area contributed by atoms with Gasteiger partial charge >= 0.3 is 5.97 Å². The number of carboxylic acids is 1. The number of carbonyl (C=O) groups excluding carboxylic acids is 1. The number of aliphatic carboxylic acids is 1. The summed E-state index contributed by atoms with van der Waals surface area (Å²) >= 11 is 0. The Morgan fingerprint density at radius 2 is 1.70 bits per heavy atom. The van der Waals surface area contributed by atoms with Gasteiger partial charge in [-0.15, -0.1) is 0 Å². The van der Waals surface area contributed by atoms with Crippen molar-refractivity contribution in [2.24, 2.45) is 5.73 Å². The average molecular weight is 312 g/mol. The van der Waals surface area contributed by atoms with Gasteiger partial charge in [-0.3, -0.25) is 9.59 Å². The molecular formula is C18H20N2O3. The number of hydrogen-bond acceptors (Lipinski definition) is 3. The zero-order valence-electron chi connectivity index (χ0n) is 13.0. The third-order valence-corrected chi connectivity index (χ3v) is 3.64. The molecule has 0 aliphatic carbocycles. The fraction of sp³-hybridized carbons (Fsp3) is 0.222. The zero-order valence-corrected chi connectivity index (χ0v) is 13.0. The summed E-state index contributed by atoms with van der Waals surface area (Å²) in [6.07, 6.45) is 0.283. The van der Waals surface area contributed by atoms with Crippen LogP contribution in [-0.2, 0) is 17.8 Å². The van der Waals surface area contributed by atoms with Crippen LogP contribution in [0.4, 0.5) is 0 Å². The number of carboxylic acid groups (broad SMARTS) is 1. The van der Waals surface area contributed by atoms with Gasteiger partial charge in [0.2, 0.25) is 0 Å². The lowest BCUT2D eigenvalue weighted by atomic mass is 10.0. The van der Waals surface area contributed by atoms with Crippen LogP contribution in [0, 0.1) is 6.92 Å². The molecule has 23 heavy (non-hydrogen) atoms. The van der Waals surface area contributed by atoms with Crippen molar-refractivity contribution in [3.63, 3.8) is 0 Å². The van der Waals surface area contributed by atoms with Crippen LogP contribution in [0.15, 0.2) is 48.5 Å². The molecule has 0 heterocycles. The van der Waals surface area contributed by atoms with Gasteiger partial charge in [-0.2, -0.15) is 0 Å². The molecular weight excluding hydrogens is 292 g/mol. The normalized spacial score (nSPS) is 11.7. The lowest BCUT2D eigenvalue weighted by Crippen LogP contribution is -2.32. The molecule has 1 amide bonds. The molecule has 0 saturated heterocycles. The lowest BCUT2D eigenvalue weighted by molar-refractivity contribution is -0.138. The third-order valence-electron chi connectivity index (χ3n) is 3.64. The molecule has 2 aromatic carbocycles. The molecule has 0 aliphatic heterocycles. The van der Waals surface area contributed by atoms with E-state index in [9.17, 15) is 9.59 Å². The van der Waals surface area contributed by atoms with Crippen molar-refractivity contribution in [2.75, 3.05) is 0 Å². The minimum atomic E-state index is -1.01. The Kier molecular flexibility index (Phi) is 5.49. The molecule has 120 valence electrons. The molecule has 0 unspecified atom stereocenters. The van der Waals surface area contributed by atoms with E-state index in [2.05, 4.69) is 5.32 Å². The SMILES string of the molecule is Cc1ccccc1C(=O)NCc1ccc(C[C@H](N)C(=O)O)cc1. The van der Waals surface area contributed by atoms with Crippen LogP contribution in [0.5, 0.6) is 0 Å². The van der Waals surface area contributed by atoms with Gasteiger partial charge in [0, 0.05) is 12.1 Å². The topological polar surface area (TPSA) is 92.4 Å². The van der Waals surface area contributed by atoms with Crippen molar-refractivity contribution in [3.8, 4) is 0 Å². The fourth-order valence-electron chi connectivity index (χ4n) is 2.24. The van der Waals surface area contributed by atoms with Crippen LogP contribution >= 0.6 is 0 Å². The van der Waals surface area contributed by atoms with Gasteiger partial charge in [0.05, 0.1) is 0 Å². The second kappa shape index (κ2) is 7.56. The van der Waals surface area contributed by atoms with E-state index < -0.39 is 12.0 Å². The van der Waals surface area contributed by atoms with Crippen molar-refractivity contribution in [3.05, 3.63) is 70.8 Å². The second-order valence-corrected chi connectivity index (χ2v) is 5.46. The number of hydrogen-bond donors (Lipinski definition) is 3. The number of nitrogens with two attached hydrogens (primary N) is 1. The maximum atomic E-state index is 12.1. The van der Waals surface area contributed by atoms with Crippen LogP contribution in [0.1, 0.15) is 27.0 Å². The monoisotopic (exact) mass is 312 g/mol. The summed E-state index contributed by atoms with van der Waals surface area (Å²) in [5, 5.41) is 11.7. The smallest absolute Gasteiger partial charge is 0.320 e. The van der Waals surface area contributed by atoms with Gasteiger partial charge in [-0.25, -0.2) is 0 Å². The summed E-state index contributed by atoms with van der Waals surface area (Å²) in [5.74, 6) is -1.13. The quantitative estimate of drug-likeness (QED) is 0.759. The maximum absolute atomic E-state index is 12.1. The fourth-order valence-corrected chi connectivity index (χ4v) is 2.24. The molecule has 0 fully saturated rings. The van der Waals surface area contributed by atoms with Gasteiger partial charge in [-0.05, 0) is 36.1 Å². The highest BCUT2D eigenvalue weighted by atomic mass is 16.4. The number of benzene rings is 2. The molecule has 1 atom stereocenters. The first-order chi connectivity index (χ1) is 11.0. The summed E-state index contributed by atoms with van der Waals surface area (Å²) in [6, 6.07) is 13.9. The summed E-state index contributed by atoms with van der Waals surface area (Å²) in [6.45, 7) is 2.31. The van der Waals surface area contributed by atoms with E-state index >= 15 is 0 Å². The van der Waals surface area contributed by atoms with E-state index in [0.29, 0.717) is 12.1 Å². The van der Waals surface area contributed by atoms with E-state index in [1.54, 1.807) is 6.07 Å². The van der Waals surface area contributed by atoms with E-state index in [4.69, 9.17) is 10.8 Å². The standard InChI is InChI=1S/C18H20N2O3/c1-12-4-2-3-5-15(12)17(21)20-11-14-8-6-13(7-9-14)10-16(19)18(22)23/h2-9,16H,10-11,19H2,1H3,(H,20,21)(H,22,23)/t16-/m0/s1. The zero-order chi connectivity index (χ0) is 16.8. The van der Waals surface area contributed by atoms with Gasteiger partial charge in [0.1, 0.15) is 6.04 Å². The molecule has 5 nitrogen and oxygen atoms in total. The van der Waals surface area contributed by atoms with Crippen LogP contribution < -0.4 is 11.1 Å². The minimum Gasteiger partial charge on any atom is -0.480 e. The molecule has 5 heteroatoms. The van der Waals surface area contributed by atoms with Crippen molar-refractivity contribution >= 4 is 11.9 Å². The molecule has 2 rings (SSSR count). The van der Waals surface area contributed by atoms with Crippen molar-refractivity contribution in [1.82, 2.24) is 5.32 Å². The Morgan fingerprint density at radius 1 is 1.09 bits per heavy atom. The van der Waals surface area contributed by atoms with Crippen LogP contribution in [0.25, 0.3) is 0 Å². The van der Waals surface area contributed by atoms with Crippen molar-refractivity contribution < 1.29 is 14.7 Å². The number of rotatable bonds is 6. The summed E-state index contributed by atoms with van der Waals surface area (Å²) in [7, 11) is 0. The van der Waals surface area contributed by atoms with E-state index in [1.807, 2.05) is 49.4 Å². The van der Waals surface area contributed by atoms with Crippen LogP contribution in [-0.4, -0.2) is 23.0 Å². The van der Waals surface area contributed by atoms with Gasteiger partial charge in [0.15, 0.2) is 0 Å². The third kappa shape index (κ3) is 4.66. The Morgan fingerprint density at radius 3 is 2.30 bits per heavy atom. The summed E-state index contributed by atoms with van der Waals surface area (Å²) < 4.78 is 0. The predicted octanol–water partition coefficient (Wildman–Crippen LogP) is 1.88. The van der Waals surface area contributed by atoms with E-state index in [-0.39, 0.29) is 12.3 Å². The summed E-state index contributed by atoms with van der Waals surface area (Å²) in [5.41, 5.74) is 8.90. The number of carbonyl (C=O) groups is 2. The Labute approximate surface area is 135 Å². The van der Waals surface area contributed by atoms with Crippen LogP contribution in [0.3, 0.4) is 0 Å². The number of aryl methyl sites for hydroxylation is 1. The van der Waals surface area contributed by atoms with Crippen LogP contribution in [0.2, 0.25) is 0 Å². The number of nitrogens with one attached hydrogen (secondary N) is 1. The second-order valence-electron chi connectivity index (χ2n) is 5.46. The summed E-state index contributed by atoms with van der Waals surface area (Å²) in [4.78, 5) is 22.9. The minimum absolute atomic E-state index is 0.111. The van der Waals surface area contributed by atoms with Crippen molar-refractivity contribution in [2.45, 2.75) is 25.9 Å². The first-order valence-electron chi connectivity index (χ1n) is 7.37. The van der Waals surface area contributed by atoms with Gasteiger partial charge in [0.25, 0.3) is 5.91 Å². The van der Waals surface area contributed by atoms with E-state index in [0.717, 1.165) is 16.7 Å². The largest absolute Gasteiger partial charge is 0.480 e. The molecule has 0 spiro atoms.